The normalized spacial score (nSPS) is 12.7. The highest BCUT2D eigenvalue weighted by molar-refractivity contribution is 5.95. The van der Waals surface area contributed by atoms with E-state index in [9.17, 15) is 18.4 Å². The zero-order valence-corrected chi connectivity index (χ0v) is 10.5. The van der Waals surface area contributed by atoms with Crippen LogP contribution in [-0.4, -0.2) is 39.6 Å². The van der Waals surface area contributed by atoms with Gasteiger partial charge >= 0.3 is 5.97 Å². The van der Waals surface area contributed by atoms with Gasteiger partial charge in [-0.3, -0.25) is 9.89 Å². The Balaban J connectivity index is 2.73. The lowest BCUT2D eigenvalue weighted by molar-refractivity contribution is -0.140. The summed E-state index contributed by atoms with van der Waals surface area (Å²) in [5, 5.41) is 17.1. The molecule has 0 bridgehead atoms. The number of carbonyl (C=O) groups excluding carboxylic acids is 1. The van der Waals surface area contributed by atoms with Crippen LogP contribution in [0.25, 0.3) is 0 Å². The fraction of sp³-hybridized carbons (Fsp3) is 0.545. The Labute approximate surface area is 108 Å². The van der Waals surface area contributed by atoms with Crippen LogP contribution < -0.4 is 5.32 Å². The minimum atomic E-state index is -2.81. The third kappa shape index (κ3) is 4.31. The molecule has 0 saturated carbocycles. The van der Waals surface area contributed by atoms with Gasteiger partial charge in [-0.2, -0.15) is 5.10 Å². The molecule has 0 aliphatic carbocycles. The van der Waals surface area contributed by atoms with Crippen molar-refractivity contribution in [3.05, 3.63) is 17.5 Å². The molecule has 0 aliphatic heterocycles. The Bertz CT molecular complexity index is 460. The van der Waals surface area contributed by atoms with Crippen LogP contribution in [0.15, 0.2) is 6.07 Å². The molecule has 0 fully saturated rings. The molecule has 1 amide bonds. The molecule has 1 aromatic rings. The zero-order valence-electron chi connectivity index (χ0n) is 10.5. The first-order valence-electron chi connectivity index (χ1n) is 5.68. The molecule has 1 unspecified atom stereocenters. The molecular weight excluding hydrogens is 260 g/mol. The van der Waals surface area contributed by atoms with E-state index < -0.39 is 30.8 Å². The molecule has 3 N–H and O–H groups in total. The number of nitrogens with one attached hydrogen (secondary N) is 2. The van der Waals surface area contributed by atoms with Crippen LogP contribution in [0.3, 0.4) is 0 Å². The van der Waals surface area contributed by atoms with Gasteiger partial charge < -0.3 is 10.4 Å². The van der Waals surface area contributed by atoms with Crippen molar-refractivity contribution in [2.75, 3.05) is 0 Å². The van der Waals surface area contributed by atoms with Gasteiger partial charge in [0.1, 0.15) is 11.7 Å². The second-order valence-corrected chi connectivity index (χ2v) is 4.35. The molecule has 1 atom stereocenters. The summed E-state index contributed by atoms with van der Waals surface area (Å²) in [5.41, 5.74) is 0.676. The van der Waals surface area contributed by atoms with E-state index in [1.165, 1.54) is 6.07 Å². The van der Waals surface area contributed by atoms with Crippen LogP contribution in [-0.2, 0) is 4.79 Å². The smallest absolute Gasteiger partial charge is 0.326 e. The third-order valence-corrected chi connectivity index (χ3v) is 2.47. The number of hydrogen-bond acceptors (Lipinski definition) is 3. The lowest BCUT2D eigenvalue weighted by Crippen LogP contribution is -2.42. The summed E-state index contributed by atoms with van der Waals surface area (Å²) in [6.07, 6.45) is -3.76. The van der Waals surface area contributed by atoms with Gasteiger partial charge in [0.05, 0.1) is 0 Å². The minimum absolute atomic E-state index is 0.0239. The molecule has 1 heterocycles. The largest absolute Gasteiger partial charge is 0.480 e. The van der Waals surface area contributed by atoms with Gasteiger partial charge in [0, 0.05) is 12.1 Å². The second-order valence-electron chi connectivity index (χ2n) is 4.35. The number of carbonyl (C=O) groups is 2. The summed E-state index contributed by atoms with van der Waals surface area (Å²) in [6, 6.07) is -0.173. The number of H-pyrrole nitrogens is 1. The second kappa shape index (κ2) is 6.26. The van der Waals surface area contributed by atoms with Crippen LogP contribution in [0, 0.1) is 0 Å². The number of nitrogens with zero attached hydrogens (tertiary/aromatic N) is 1. The SMILES string of the molecule is CC(C)c1cc(C(=O)NC(CC(F)F)C(=O)O)n[nH]1. The van der Waals surface area contributed by atoms with Crippen molar-refractivity contribution in [2.45, 2.75) is 38.7 Å². The van der Waals surface area contributed by atoms with Crippen molar-refractivity contribution in [2.24, 2.45) is 0 Å². The van der Waals surface area contributed by atoms with Crippen LogP contribution in [0.4, 0.5) is 8.78 Å². The average molecular weight is 275 g/mol. The number of amides is 1. The molecular formula is C11H15F2N3O3. The highest BCUT2D eigenvalue weighted by Gasteiger charge is 2.25. The van der Waals surface area contributed by atoms with E-state index in [1.54, 1.807) is 0 Å². The summed E-state index contributed by atoms with van der Waals surface area (Å²) < 4.78 is 24.3. The minimum Gasteiger partial charge on any atom is -0.480 e. The Kier molecular flexibility index (Phi) is 4.96. The van der Waals surface area contributed by atoms with Gasteiger partial charge in [0.2, 0.25) is 6.43 Å². The standard InChI is InChI=1S/C11H15F2N3O3/c1-5(2)6-3-7(16-15-6)10(17)14-8(11(18)19)4-9(12)13/h3,5,8-9H,4H2,1-2H3,(H,14,17)(H,15,16)(H,18,19). The number of alkyl halides is 2. The number of carboxylic acid groups (broad SMARTS) is 1. The molecule has 0 radical (unpaired) electrons. The Morgan fingerprint density at radius 3 is 2.53 bits per heavy atom. The molecule has 8 heteroatoms. The van der Waals surface area contributed by atoms with Crippen molar-refractivity contribution >= 4 is 11.9 Å². The van der Waals surface area contributed by atoms with Gasteiger partial charge in [0.25, 0.3) is 5.91 Å². The lowest BCUT2D eigenvalue weighted by atomic mass is 10.1. The van der Waals surface area contributed by atoms with Crippen LogP contribution in [0.2, 0.25) is 0 Å². The summed E-state index contributed by atoms with van der Waals surface area (Å²) in [4.78, 5) is 22.4. The molecule has 1 rings (SSSR count). The van der Waals surface area contributed by atoms with E-state index in [-0.39, 0.29) is 11.6 Å². The first kappa shape index (κ1) is 15.1. The molecule has 6 nitrogen and oxygen atoms in total. The molecule has 106 valence electrons. The van der Waals surface area contributed by atoms with E-state index >= 15 is 0 Å². The number of halogens is 2. The van der Waals surface area contributed by atoms with E-state index in [4.69, 9.17) is 5.11 Å². The molecule has 1 aromatic heterocycles. The van der Waals surface area contributed by atoms with Gasteiger partial charge in [-0.15, -0.1) is 0 Å². The van der Waals surface area contributed by atoms with E-state index in [1.807, 2.05) is 19.2 Å². The Morgan fingerprint density at radius 1 is 1.47 bits per heavy atom. The van der Waals surface area contributed by atoms with Crippen molar-refractivity contribution in [3.63, 3.8) is 0 Å². The molecule has 19 heavy (non-hydrogen) atoms. The van der Waals surface area contributed by atoms with Crippen molar-refractivity contribution in [3.8, 4) is 0 Å². The molecule has 0 saturated heterocycles. The summed E-state index contributed by atoms with van der Waals surface area (Å²) in [5.74, 6) is -2.19. The monoisotopic (exact) mass is 275 g/mol. The first-order valence-corrected chi connectivity index (χ1v) is 5.68. The Morgan fingerprint density at radius 2 is 2.11 bits per heavy atom. The highest BCUT2D eigenvalue weighted by Crippen LogP contribution is 2.12. The maximum Gasteiger partial charge on any atom is 0.326 e. The quantitative estimate of drug-likeness (QED) is 0.730. The van der Waals surface area contributed by atoms with Crippen molar-refractivity contribution in [1.29, 1.82) is 0 Å². The zero-order chi connectivity index (χ0) is 14.6. The Hall–Kier alpha value is -1.99. The van der Waals surface area contributed by atoms with Crippen molar-refractivity contribution in [1.82, 2.24) is 15.5 Å². The van der Waals surface area contributed by atoms with Crippen molar-refractivity contribution < 1.29 is 23.5 Å². The van der Waals surface area contributed by atoms with E-state index in [0.717, 1.165) is 0 Å². The molecule has 0 aromatic carbocycles. The topological polar surface area (TPSA) is 95.1 Å². The van der Waals surface area contributed by atoms with E-state index in [2.05, 4.69) is 10.2 Å². The van der Waals surface area contributed by atoms with Gasteiger partial charge in [-0.05, 0) is 12.0 Å². The molecule has 0 aliphatic rings. The maximum atomic E-state index is 12.2. The number of hydrogen-bond donors (Lipinski definition) is 3. The maximum absolute atomic E-state index is 12.2. The van der Waals surface area contributed by atoms with Gasteiger partial charge in [-0.1, -0.05) is 13.8 Å². The number of aromatic nitrogens is 2. The predicted octanol–water partition coefficient (Wildman–Crippen LogP) is 1.37. The number of rotatable bonds is 6. The predicted molar refractivity (Wildman–Crippen MR) is 62.2 cm³/mol. The van der Waals surface area contributed by atoms with Gasteiger partial charge in [-0.25, -0.2) is 13.6 Å². The number of carboxylic acids is 1. The van der Waals surface area contributed by atoms with Crippen LogP contribution in [0.1, 0.15) is 42.4 Å². The summed E-state index contributed by atoms with van der Waals surface area (Å²) in [6.45, 7) is 3.76. The third-order valence-electron chi connectivity index (χ3n) is 2.47. The van der Waals surface area contributed by atoms with Crippen LogP contribution >= 0.6 is 0 Å². The number of aliphatic carboxylic acids is 1. The van der Waals surface area contributed by atoms with Gasteiger partial charge in [0.15, 0.2) is 0 Å². The molecule has 0 spiro atoms. The lowest BCUT2D eigenvalue weighted by Gasteiger charge is -2.12. The van der Waals surface area contributed by atoms with E-state index in [0.29, 0.717) is 5.69 Å². The number of aromatic amines is 1. The first-order chi connectivity index (χ1) is 8.81. The average Bonchev–Trinajstić information content (AvgIpc) is 2.76. The fourth-order valence-corrected chi connectivity index (χ4v) is 1.38. The summed E-state index contributed by atoms with van der Waals surface area (Å²) >= 11 is 0. The van der Waals surface area contributed by atoms with Crippen LogP contribution in [0.5, 0.6) is 0 Å². The fourth-order valence-electron chi connectivity index (χ4n) is 1.38. The summed E-state index contributed by atoms with van der Waals surface area (Å²) in [7, 11) is 0. The highest BCUT2D eigenvalue weighted by atomic mass is 19.3.